The number of carbonyl (C=O) groups excluding carboxylic acids is 1. The highest BCUT2D eigenvalue weighted by atomic mass is 32.2. The van der Waals surface area contributed by atoms with Gasteiger partial charge in [-0.2, -0.15) is 0 Å². The Labute approximate surface area is 198 Å². The highest BCUT2D eigenvalue weighted by Crippen LogP contribution is 2.21. The van der Waals surface area contributed by atoms with Crippen molar-refractivity contribution in [3.63, 3.8) is 0 Å². The normalized spacial score (nSPS) is 11.5. The Morgan fingerprint density at radius 2 is 1.65 bits per heavy atom. The fourth-order valence-corrected chi connectivity index (χ4v) is 5.04. The Hall–Kier alpha value is -3.78. The zero-order chi connectivity index (χ0) is 24.5. The number of hydrogen-bond acceptors (Lipinski definition) is 5. The van der Waals surface area contributed by atoms with Crippen LogP contribution in [0.5, 0.6) is 0 Å². The number of benzene rings is 2. The van der Waals surface area contributed by atoms with Crippen molar-refractivity contribution >= 4 is 32.5 Å². The molecule has 0 unspecified atom stereocenters. The number of pyridine rings is 2. The SMILES string of the molecule is CCc1ccc(NC(=O)Cn2cc(S(=O)(=O)c3ccc(C)cc3)c(=O)c3ccc(C)nc32)cc1. The Kier molecular flexibility index (Phi) is 6.34. The van der Waals surface area contributed by atoms with Gasteiger partial charge in [0.1, 0.15) is 17.1 Å². The zero-order valence-electron chi connectivity index (χ0n) is 19.2. The minimum Gasteiger partial charge on any atom is -0.325 e. The van der Waals surface area contributed by atoms with Crippen LogP contribution in [0.15, 0.2) is 81.4 Å². The maximum Gasteiger partial charge on any atom is 0.244 e. The Bertz CT molecular complexity index is 1540. The summed E-state index contributed by atoms with van der Waals surface area (Å²) in [4.78, 5) is 30.1. The standard InChI is InChI=1S/C26H25N3O4S/c1-4-19-8-10-20(11-9-19)28-24(30)16-29-15-23(25(31)22-14-7-18(3)27-26(22)29)34(32,33)21-12-5-17(2)6-13-21/h5-15H,4,16H2,1-3H3,(H,28,30). The molecule has 4 rings (SSSR count). The molecule has 0 aliphatic carbocycles. The third-order valence-electron chi connectivity index (χ3n) is 5.61. The summed E-state index contributed by atoms with van der Waals surface area (Å²) in [7, 11) is -4.11. The smallest absolute Gasteiger partial charge is 0.244 e. The van der Waals surface area contributed by atoms with Crippen molar-refractivity contribution in [1.82, 2.24) is 9.55 Å². The van der Waals surface area contributed by atoms with Gasteiger partial charge in [0, 0.05) is 17.6 Å². The van der Waals surface area contributed by atoms with E-state index in [9.17, 15) is 18.0 Å². The maximum atomic E-state index is 13.3. The van der Waals surface area contributed by atoms with Gasteiger partial charge < -0.3 is 9.88 Å². The van der Waals surface area contributed by atoms with E-state index >= 15 is 0 Å². The number of rotatable bonds is 6. The van der Waals surface area contributed by atoms with Crippen LogP contribution >= 0.6 is 0 Å². The van der Waals surface area contributed by atoms with Crippen molar-refractivity contribution < 1.29 is 13.2 Å². The van der Waals surface area contributed by atoms with Crippen molar-refractivity contribution in [3.8, 4) is 0 Å². The van der Waals surface area contributed by atoms with Crippen LogP contribution in [0.1, 0.15) is 23.7 Å². The van der Waals surface area contributed by atoms with Crippen molar-refractivity contribution in [2.24, 2.45) is 0 Å². The van der Waals surface area contributed by atoms with Gasteiger partial charge >= 0.3 is 0 Å². The van der Waals surface area contributed by atoms with Crippen LogP contribution in [0.4, 0.5) is 5.69 Å². The largest absolute Gasteiger partial charge is 0.325 e. The van der Waals surface area contributed by atoms with E-state index in [1.807, 2.05) is 38.1 Å². The van der Waals surface area contributed by atoms with E-state index in [-0.39, 0.29) is 28.4 Å². The molecule has 2 aromatic heterocycles. The number of anilines is 1. The van der Waals surface area contributed by atoms with E-state index in [2.05, 4.69) is 10.3 Å². The molecular weight excluding hydrogens is 450 g/mol. The summed E-state index contributed by atoms with van der Waals surface area (Å²) in [6.45, 7) is 5.45. The van der Waals surface area contributed by atoms with Crippen LogP contribution in [0.3, 0.4) is 0 Å². The van der Waals surface area contributed by atoms with E-state index < -0.39 is 20.2 Å². The second-order valence-corrected chi connectivity index (χ2v) is 10.1. The maximum absolute atomic E-state index is 13.3. The Morgan fingerprint density at radius 1 is 0.971 bits per heavy atom. The lowest BCUT2D eigenvalue weighted by molar-refractivity contribution is -0.116. The van der Waals surface area contributed by atoms with Crippen LogP contribution in [0.2, 0.25) is 0 Å². The third kappa shape index (κ3) is 4.63. The van der Waals surface area contributed by atoms with Gasteiger partial charge in [-0.1, -0.05) is 36.8 Å². The molecule has 34 heavy (non-hydrogen) atoms. The Morgan fingerprint density at radius 3 is 2.29 bits per heavy atom. The van der Waals surface area contributed by atoms with Crippen LogP contribution in [0.25, 0.3) is 11.0 Å². The van der Waals surface area contributed by atoms with Crippen LogP contribution < -0.4 is 10.7 Å². The molecule has 0 aliphatic heterocycles. The predicted octanol–water partition coefficient (Wildman–Crippen LogP) is 4.05. The molecule has 0 atom stereocenters. The van der Waals surface area contributed by atoms with Crippen molar-refractivity contribution in [2.45, 2.75) is 43.5 Å². The molecule has 0 spiro atoms. The van der Waals surface area contributed by atoms with Gasteiger partial charge in [0.15, 0.2) is 0 Å². The molecule has 1 N–H and O–H groups in total. The minimum atomic E-state index is -4.11. The number of aryl methyl sites for hydroxylation is 3. The molecule has 0 fully saturated rings. The first-order valence-corrected chi connectivity index (χ1v) is 12.4. The molecule has 0 bridgehead atoms. The minimum absolute atomic E-state index is 0.0154. The lowest BCUT2D eigenvalue weighted by Crippen LogP contribution is -2.24. The lowest BCUT2D eigenvalue weighted by atomic mass is 10.1. The van der Waals surface area contributed by atoms with E-state index in [1.54, 1.807) is 31.2 Å². The van der Waals surface area contributed by atoms with Gasteiger partial charge in [-0.15, -0.1) is 0 Å². The number of fused-ring (bicyclic) bond motifs is 1. The summed E-state index contributed by atoms with van der Waals surface area (Å²) >= 11 is 0. The number of nitrogens with one attached hydrogen (secondary N) is 1. The van der Waals surface area contributed by atoms with Gasteiger partial charge in [0.05, 0.1) is 10.3 Å². The lowest BCUT2D eigenvalue weighted by Gasteiger charge is -2.14. The molecule has 1 amide bonds. The highest BCUT2D eigenvalue weighted by molar-refractivity contribution is 7.91. The molecule has 4 aromatic rings. The molecule has 0 radical (unpaired) electrons. The first kappa shape index (κ1) is 23.4. The molecule has 7 nitrogen and oxygen atoms in total. The summed E-state index contributed by atoms with van der Waals surface area (Å²) in [5, 5.41) is 2.95. The average Bonchev–Trinajstić information content (AvgIpc) is 2.81. The van der Waals surface area contributed by atoms with Crippen LogP contribution in [0, 0.1) is 13.8 Å². The van der Waals surface area contributed by atoms with Gasteiger partial charge in [-0.05, 0) is 62.2 Å². The fraction of sp³-hybridized carbons (Fsp3) is 0.192. The number of amides is 1. The van der Waals surface area contributed by atoms with Crippen molar-refractivity contribution in [2.75, 3.05) is 5.32 Å². The quantitative estimate of drug-likeness (QED) is 0.454. The van der Waals surface area contributed by atoms with Gasteiger partial charge in [0.2, 0.25) is 21.2 Å². The van der Waals surface area contributed by atoms with E-state index in [1.165, 1.54) is 22.9 Å². The molecular formula is C26H25N3O4S. The molecule has 0 saturated carbocycles. The third-order valence-corrected chi connectivity index (χ3v) is 7.37. The zero-order valence-corrected chi connectivity index (χ0v) is 20.0. The first-order chi connectivity index (χ1) is 16.2. The summed E-state index contributed by atoms with van der Waals surface area (Å²) in [6.07, 6.45) is 2.10. The average molecular weight is 476 g/mol. The van der Waals surface area contributed by atoms with Gasteiger partial charge in [0.25, 0.3) is 0 Å². The number of aromatic nitrogens is 2. The predicted molar refractivity (Wildman–Crippen MR) is 132 cm³/mol. The van der Waals surface area contributed by atoms with Gasteiger partial charge in [-0.25, -0.2) is 13.4 Å². The van der Waals surface area contributed by atoms with Crippen molar-refractivity contribution in [1.29, 1.82) is 0 Å². The monoisotopic (exact) mass is 475 g/mol. The molecule has 0 aliphatic rings. The van der Waals surface area contributed by atoms with Crippen LogP contribution in [-0.2, 0) is 27.6 Å². The summed E-state index contributed by atoms with van der Waals surface area (Å²) in [6, 6.07) is 17.0. The second kappa shape index (κ2) is 9.23. The summed E-state index contributed by atoms with van der Waals surface area (Å²) in [5.74, 6) is -0.365. The molecule has 8 heteroatoms. The fourth-order valence-electron chi connectivity index (χ4n) is 3.67. The summed E-state index contributed by atoms with van der Waals surface area (Å²) < 4.78 is 28.1. The number of sulfone groups is 1. The van der Waals surface area contributed by atoms with E-state index in [4.69, 9.17) is 0 Å². The second-order valence-electron chi connectivity index (χ2n) is 8.19. The Balaban J connectivity index is 1.78. The first-order valence-electron chi connectivity index (χ1n) is 10.9. The number of carbonyl (C=O) groups is 1. The van der Waals surface area contributed by atoms with E-state index in [0.29, 0.717) is 11.4 Å². The van der Waals surface area contributed by atoms with Crippen LogP contribution in [-0.4, -0.2) is 23.9 Å². The molecule has 2 heterocycles. The topological polar surface area (TPSA) is 98.1 Å². The van der Waals surface area contributed by atoms with Crippen molar-refractivity contribution in [3.05, 3.63) is 93.9 Å². The number of nitrogens with zero attached hydrogens (tertiary/aromatic N) is 2. The number of hydrogen-bond donors (Lipinski definition) is 1. The van der Waals surface area contributed by atoms with Gasteiger partial charge in [-0.3, -0.25) is 9.59 Å². The molecule has 174 valence electrons. The highest BCUT2D eigenvalue weighted by Gasteiger charge is 2.24. The molecule has 2 aromatic carbocycles. The molecule has 0 saturated heterocycles. The summed E-state index contributed by atoms with van der Waals surface area (Å²) in [5.41, 5.74) is 2.93. The van der Waals surface area contributed by atoms with E-state index in [0.717, 1.165) is 17.5 Å².